The van der Waals surface area contributed by atoms with E-state index in [0.717, 1.165) is 11.1 Å². The number of hydrogen-bond acceptors (Lipinski definition) is 6. The number of rotatable bonds is 4. The highest BCUT2D eigenvalue weighted by Crippen LogP contribution is 2.45. The van der Waals surface area contributed by atoms with E-state index < -0.39 is 0 Å². The van der Waals surface area contributed by atoms with Crippen molar-refractivity contribution in [2.45, 2.75) is 13.8 Å². The number of allylic oxidation sites excluding steroid dienone is 2. The second-order valence-corrected chi connectivity index (χ2v) is 7.51. The zero-order valence-corrected chi connectivity index (χ0v) is 18.0. The highest BCUT2D eigenvalue weighted by Gasteiger charge is 2.32. The predicted molar refractivity (Wildman–Crippen MR) is 118 cm³/mol. The zero-order chi connectivity index (χ0) is 22.4. The molecule has 0 heterocycles. The van der Waals surface area contributed by atoms with Gasteiger partial charge in [0.1, 0.15) is 23.0 Å². The molecule has 1 aliphatic rings. The van der Waals surface area contributed by atoms with E-state index in [0.29, 0.717) is 28.0 Å². The largest absolute Gasteiger partial charge is 0.507 e. The van der Waals surface area contributed by atoms with Crippen LogP contribution in [0.15, 0.2) is 36.4 Å². The summed E-state index contributed by atoms with van der Waals surface area (Å²) >= 11 is 0. The van der Waals surface area contributed by atoms with E-state index in [1.54, 1.807) is 24.3 Å². The van der Waals surface area contributed by atoms with E-state index in [4.69, 9.17) is 14.2 Å². The van der Waals surface area contributed by atoms with Crippen LogP contribution in [0.2, 0.25) is 0 Å². The Balaban J connectivity index is 2.01. The normalized spacial score (nSPS) is 13.1. The van der Waals surface area contributed by atoms with Gasteiger partial charge in [0.05, 0.1) is 32.3 Å². The van der Waals surface area contributed by atoms with E-state index >= 15 is 0 Å². The lowest BCUT2D eigenvalue weighted by Crippen LogP contribution is -2.18. The van der Waals surface area contributed by atoms with E-state index in [1.165, 1.54) is 27.4 Å². The first kappa shape index (κ1) is 20.5. The number of carbonyl (C=O) groups excluding carboxylic acids is 2. The first-order valence-corrected chi connectivity index (χ1v) is 9.68. The van der Waals surface area contributed by atoms with Gasteiger partial charge >= 0.3 is 0 Å². The van der Waals surface area contributed by atoms with Crippen molar-refractivity contribution in [2.24, 2.45) is 0 Å². The summed E-state index contributed by atoms with van der Waals surface area (Å²) in [4.78, 5) is 26.4. The van der Waals surface area contributed by atoms with Crippen LogP contribution in [-0.4, -0.2) is 38.0 Å². The van der Waals surface area contributed by atoms with Crippen molar-refractivity contribution in [2.75, 3.05) is 21.3 Å². The number of aromatic hydroxyl groups is 1. The Kier molecular flexibility index (Phi) is 4.93. The molecule has 3 aromatic carbocycles. The number of Topliss-reactive ketones (excluding diaryl/α,β-unsaturated/α-hetero) is 1. The molecule has 0 saturated carbocycles. The Morgan fingerprint density at radius 1 is 0.742 bits per heavy atom. The third-order valence-corrected chi connectivity index (χ3v) is 5.49. The van der Waals surface area contributed by atoms with Crippen molar-refractivity contribution in [3.8, 4) is 23.0 Å². The number of phenolic OH excluding ortho intramolecular Hbond substituents is 1. The number of phenols is 1. The summed E-state index contributed by atoms with van der Waals surface area (Å²) < 4.78 is 16.3. The van der Waals surface area contributed by atoms with Gasteiger partial charge in [-0.05, 0) is 61.4 Å². The second-order valence-electron chi connectivity index (χ2n) is 7.51. The molecule has 31 heavy (non-hydrogen) atoms. The molecule has 6 nitrogen and oxygen atoms in total. The fourth-order valence-electron chi connectivity index (χ4n) is 4.10. The number of methoxy groups -OCH3 is 3. The number of ketones is 2. The molecule has 158 valence electrons. The SMILES string of the molecule is COc1cc(C)cc2c1C(=O)C=C(c1cc(OC)c3c(OC)cc(C)cc3c1O)C2=O. The Bertz CT molecular complexity index is 1300. The minimum Gasteiger partial charge on any atom is -0.507 e. The molecule has 0 saturated heterocycles. The smallest absolute Gasteiger partial charge is 0.194 e. The summed E-state index contributed by atoms with van der Waals surface area (Å²) in [7, 11) is 4.50. The van der Waals surface area contributed by atoms with Gasteiger partial charge in [-0.15, -0.1) is 0 Å². The van der Waals surface area contributed by atoms with Crippen molar-refractivity contribution < 1.29 is 28.9 Å². The predicted octanol–water partition coefficient (Wildman–Crippen LogP) is 4.65. The van der Waals surface area contributed by atoms with Crippen molar-refractivity contribution in [3.63, 3.8) is 0 Å². The van der Waals surface area contributed by atoms with Crippen LogP contribution in [0.4, 0.5) is 0 Å². The van der Waals surface area contributed by atoms with E-state index in [1.807, 2.05) is 19.9 Å². The summed E-state index contributed by atoms with van der Waals surface area (Å²) in [5, 5.41) is 12.2. The van der Waals surface area contributed by atoms with Gasteiger partial charge in [0.15, 0.2) is 11.6 Å². The van der Waals surface area contributed by atoms with Crippen molar-refractivity contribution in [1.29, 1.82) is 0 Å². The van der Waals surface area contributed by atoms with Gasteiger partial charge in [-0.2, -0.15) is 0 Å². The lowest BCUT2D eigenvalue weighted by molar-refractivity contribution is 0.0998. The van der Waals surface area contributed by atoms with Crippen LogP contribution in [0.25, 0.3) is 16.3 Å². The number of fused-ring (bicyclic) bond motifs is 2. The summed E-state index contributed by atoms with van der Waals surface area (Å²) in [6.45, 7) is 3.70. The minimum atomic E-state index is -0.368. The monoisotopic (exact) mass is 418 g/mol. The molecular formula is C25H22O6. The van der Waals surface area contributed by atoms with Crippen molar-refractivity contribution >= 4 is 27.9 Å². The molecule has 0 amide bonds. The van der Waals surface area contributed by atoms with Gasteiger partial charge in [0.2, 0.25) is 0 Å². The minimum absolute atomic E-state index is 0.100. The molecule has 0 bridgehead atoms. The standard InChI is InChI=1S/C25H22O6/c1-12-6-16-22(19(8-12)29-3)18(26)10-14(24(16)27)15-11-21(31-5)23-17(25(15)28)7-13(2)9-20(23)30-4/h6-11,28H,1-5H3. The second kappa shape index (κ2) is 7.47. The van der Waals surface area contributed by atoms with Gasteiger partial charge in [-0.3, -0.25) is 9.59 Å². The van der Waals surface area contributed by atoms with Crippen LogP contribution in [-0.2, 0) is 0 Å². The topological polar surface area (TPSA) is 82.1 Å². The van der Waals surface area contributed by atoms with E-state index in [9.17, 15) is 14.7 Å². The third kappa shape index (κ3) is 3.11. The number of benzene rings is 3. The van der Waals surface area contributed by atoms with Crippen LogP contribution in [0.1, 0.15) is 37.4 Å². The zero-order valence-electron chi connectivity index (χ0n) is 18.0. The Morgan fingerprint density at radius 3 is 1.97 bits per heavy atom. The van der Waals surface area contributed by atoms with Crippen LogP contribution in [0.5, 0.6) is 23.0 Å². The molecule has 0 aromatic heterocycles. The molecule has 0 radical (unpaired) electrons. The Morgan fingerprint density at radius 2 is 1.32 bits per heavy atom. The molecule has 0 spiro atoms. The molecule has 6 heteroatoms. The first-order chi connectivity index (χ1) is 14.8. The molecule has 4 rings (SSSR count). The molecule has 0 fully saturated rings. The van der Waals surface area contributed by atoms with Crippen LogP contribution >= 0.6 is 0 Å². The van der Waals surface area contributed by atoms with Gasteiger partial charge in [-0.1, -0.05) is 0 Å². The Labute approximate surface area is 179 Å². The lowest BCUT2D eigenvalue weighted by atomic mass is 9.83. The van der Waals surface area contributed by atoms with Gasteiger partial charge < -0.3 is 19.3 Å². The molecular weight excluding hydrogens is 396 g/mol. The summed E-state index contributed by atoms with van der Waals surface area (Å²) in [6.07, 6.45) is 1.25. The number of hydrogen-bond donors (Lipinski definition) is 1. The Hall–Kier alpha value is -3.80. The number of carbonyl (C=O) groups is 2. The van der Waals surface area contributed by atoms with Crippen molar-refractivity contribution in [3.05, 3.63) is 64.2 Å². The number of ether oxygens (including phenoxy) is 3. The van der Waals surface area contributed by atoms with Gasteiger partial charge in [-0.25, -0.2) is 0 Å². The maximum Gasteiger partial charge on any atom is 0.194 e. The quantitative estimate of drug-likeness (QED) is 0.664. The molecule has 0 atom stereocenters. The van der Waals surface area contributed by atoms with Gasteiger partial charge in [0.25, 0.3) is 0 Å². The maximum atomic E-state index is 13.4. The average Bonchev–Trinajstić information content (AvgIpc) is 2.75. The molecule has 1 N–H and O–H groups in total. The third-order valence-electron chi connectivity index (χ3n) is 5.49. The molecule has 0 aliphatic heterocycles. The highest BCUT2D eigenvalue weighted by molar-refractivity contribution is 6.40. The fourth-order valence-corrected chi connectivity index (χ4v) is 4.10. The van der Waals surface area contributed by atoms with Crippen molar-refractivity contribution in [1.82, 2.24) is 0 Å². The maximum absolute atomic E-state index is 13.4. The average molecular weight is 418 g/mol. The number of aryl methyl sites for hydroxylation is 2. The lowest BCUT2D eigenvalue weighted by Gasteiger charge is -2.21. The van der Waals surface area contributed by atoms with Crippen LogP contribution in [0.3, 0.4) is 0 Å². The summed E-state index contributed by atoms with van der Waals surface area (Å²) in [5.74, 6) is 0.472. The molecule has 3 aromatic rings. The highest BCUT2D eigenvalue weighted by atomic mass is 16.5. The van der Waals surface area contributed by atoms with E-state index in [2.05, 4.69) is 0 Å². The van der Waals surface area contributed by atoms with Gasteiger partial charge in [0, 0.05) is 22.1 Å². The van der Waals surface area contributed by atoms with Crippen LogP contribution in [0, 0.1) is 13.8 Å². The summed E-state index contributed by atoms with van der Waals surface area (Å²) in [5.41, 5.74) is 2.46. The molecule has 1 aliphatic carbocycles. The van der Waals surface area contributed by atoms with Crippen LogP contribution < -0.4 is 14.2 Å². The molecule has 0 unspecified atom stereocenters. The fraction of sp³-hybridized carbons (Fsp3) is 0.200. The van der Waals surface area contributed by atoms with E-state index in [-0.39, 0.29) is 39.6 Å². The summed E-state index contributed by atoms with van der Waals surface area (Å²) in [6, 6.07) is 8.56. The first-order valence-electron chi connectivity index (χ1n) is 9.68.